The fourth-order valence-corrected chi connectivity index (χ4v) is 1.58. The van der Waals surface area contributed by atoms with Gasteiger partial charge < -0.3 is 5.32 Å². The van der Waals surface area contributed by atoms with Crippen LogP contribution in [0.2, 0.25) is 0 Å². The first-order valence-corrected chi connectivity index (χ1v) is 5.42. The van der Waals surface area contributed by atoms with Crippen LogP contribution >= 0.6 is 0 Å². The fraction of sp³-hybridized carbons (Fsp3) is 0.500. The van der Waals surface area contributed by atoms with Crippen LogP contribution in [-0.4, -0.2) is 12.7 Å². The van der Waals surface area contributed by atoms with Gasteiger partial charge in [0.05, 0.1) is 0 Å². The SMILES string of the molecule is CCCNC(c1cc(C)ccc1F)C(F)(F)F. The van der Waals surface area contributed by atoms with Gasteiger partial charge in [0.2, 0.25) is 0 Å². The van der Waals surface area contributed by atoms with Gasteiger partial charge >= 0.3 is 6.18 Å². The van der Waals surface area contributed by atoms with E-state index in [1.807, 2.05) is 0 Å². The molecule has 5 heteroatoms. The van der Waals surface area contributed by atoms with E-state index in [0.29, 0.717) is 12.0 Å². The summed E-state index contributed by atoms with van der Waals surface area (Å²) in [5.41, 5.74) is 0.264. The van der Waals surface area contributed by atoms with Gasteiger partial charge in [0, 0.05) is 5.56 Å². The number of hydrogen-bond acceptors (Lipinski definition) is 1. The molecule has 0 heterocycles. The van der Waals surface area contributed by atoms with E-state index in [4.69, 9.17) is 0 Å². The smallest absolute Gasteiger partial charge is 0.302 e. The number of alkyl halides is 3. The molecule has 1 rings (SSSR count). The summed E-state index contributed by atoms with van der Waals surface area (Å²) in [5, 5.41) is 2.33. The Kier molecular flexibility index (Phi) is 4.51. The summed E-state index contributed by atoms with van der Waals surface area (Å²) in [4.78, 5) is 0. The molecule has 1 aromatic carbocycles. The zero-order chi connectivity index (χ0) is 13.1. The van der Waals surface area contributed by atoms with Crippen LogP contribution in [0.15, 0.2) is 18.2 Å². The van der Waals surface area contributed by atoms with E-state index in [-0.39, 0.29) is 12.1 Å². The molecule has 1 aromatic rings. The van der Waals surface area contributed by atoms with Gasteiger partial charge in [-0.05, 0) is 26.0 Å². The van der Waals surface area contributed by atoms with Gasteiger partial charge in [-0.15, -0.1) is 0 Å². The predicted octanol–water partition coefficient (Wildman–Crippen LogP) is 3.74. The van der Waals surface area contributed by atoms with Crippen molar-refractivity contribution >= 4 is 0 Å². The molecule has 96 valence electrons. The van der Waals surface area contributed by atoms with Crippen molar-refractivity contribution in [2.75, 3.05) is 6.54 Å². The molecule has 0 saturated carbocycles. The maximum absolute atomic E-state index is 13.4. The van der Waals surface area contributed by atoms with E-state index in [0.717, 1.165) is 6.07 Å². The highest BCUT2D eigenvalue weighted by Crippen LogP contribution is 2.34. The molecule has 1 atom stereocenters. The molecule has 1 N–H and O–H groups in total. The number of rotatable bonds is 4. The maximum atomic E-state index is 13.4. The Hall–Kier alpha value is -1.10. The highest BCUT2D eigenvalue weighted by atomic mass is 19.4. The van der Waals surface area contributed by atoms with Gasteiger partial charge in [-0.1, -0.05) is 24.6 Å². The van der Waals surface area contributed by atoms with Gasteiger partial charge in [0.25, 0.3) is 0 Å². The fourth-order valence-electron chi connectivity index (χ4n) is 1.58. The summed E-state index contributed by atoms with van der Waals surface area (Å²) < 4.78 is 51.9. The van der Waals surface area contributed by atoms with Crippen LogP contribution in [-0.2, 0) is 0 Å². The lowest BCUT2D eigenvalue weighted by molar-refractivity contribution is -0.158. The summed E-state index contributed by atoms with van der Waals surface area (Å²) in [6, 6.07) is 1.81. The topological polar surface area (TPSA) is 12.0 Å². The van der Waals surface area contributed by atoms with Crippen LogP contribution in [0.3, 0.4) is 0 Å². The number of hydrogen-bond donors (Lipinski definition) is 1. The average Bonchev–Trinajstić information content (AvgIpc) is 2.21. The molecule has 17 heavy (non-hydrogen) atoms. The molecule has 1 unspecified atom stereocenters. The lowest BCUT2D eigenvalue weighted by Crippen LogP contribution is -2.35. The first kappa shape index (κ1) is 14.0. The second-order valence-electron chi connectivity index (χ2n) is 3.95. The van der Waals surface area contributed by atoms with Crippen molar-refractivity contribution in [3.8, 4) is 0 Å². The van der Waals surface area contributed by atoms with E-state index < -0.39 is 18.0 Å². The third-order valence-electron chi connectivity index (χ3n) is 2.39. The average molecular weight is 249 g/mol. The van der Waals surface area contributed by atoms with E-state index in [1.165, 1.54) is 12.1 Å². The van der Waals surface area contributed by atoms with Gasteiger partial charge in [-0.2, -0.15) is 13.2 Å². The third-order valence-corrected chi connectivity index (χ3v) is 2.39. The number of nitrogens with one attached hydrogen (secondary N) is 1. The molecule has 0 aliphatic heterocycles. The van der Waals surface area contributed by atoms with Crippen LogP contribution in [0.4, 0.5) is 17.6 Å². The Morgan fingerprint density at radius 2 is 1.94 bits per heavy atom. The summed E-state index contributed by atoms with van der Waals surface area (Å²) in [6.45, 7) is 3.58. The van der Waals surface area contributed by atoms with Crippen molar-refractivity contribution in [2.45, 2.75) is 32.5 Å². The second-order valence-corrected chi connectivity index (χ2v) is 3.95. The van der Waals surface area contributed by atoms with Crippen molar-refractivity contribution in [2.24, 2.45) is 0 Å². The molecular formula is C12H15F4N. The minimum absolute atomic E-state index is 0.192. The standard InChI is InChI=1S/C12H15F4N/c1-3-6-17-11(12(14,15)16)9-7-8(2)4-5-10(9)13/h4-5,7,11,17H,3,6H2,1-2H3. The van der Waals surface area contributed by atoms with Crippen LogP contribution in [0.1, 0.15) is 30.5 Å². The quantitative estimate of drug-likeness (QED) is 0.801. The third kappa shape index (κ3) is 3.70. The van der Waals surface area contributed by atoms with E-state index in [1.54, 1.807) is 13.8 Å². The summed E-state index contributed by atoms with van der Waals surface area (Å²) in [5.74, 6) is -0.832. The van der Waals surface area contributed by atoms with Gasteiger partial charge in [0.15, 0.2) is 0 Å². The van der Waals surface area contributed by atoms with E-state index in [9.17, 15) is 17.6 Å². The summed E-state index contributed by atoms with van der Waals surface area (Å²) >= 11 is 0. The first-order chi connectivity index (χ1) is 7.86. The van der Waals surface area contributed by atoms with Gasteiger partial charge in [-0.25, -0.2) is 4.39 Å². The summed E-state index contributed by atoms with van der Waals surface area (Å²) in [7, 11) is 0. The molecule has 0 fully saturated rings. The molecule has 0 amide bonds. The van der Waals surface area contributed by atoms with Gasteiger partial charge in [0.1, 0.15) is 11.9 Å². The molecule has 0 aliphatic carbocycles. The number of halogens is 4. The van der Waals surface area contributed by atoms with Crippen LogP contribution in [0.5, 0.6) is 0 Å². The summed E-state index contributed by atoms with van der Waals surface area (Å²) in [6.07, 6.45) is -3.94. The lowest BCUT2D eigenvalue weighted by atomic mass is 10.0. The van der Waals surface area contributed by atoms with Crippen molar-refractivity contribution in [1.82, 2.24) is 5.32 Å². The molecular weight excluding hydrogens is 234 g/mol. The van der Waals surface area contributed by atoms with Crippen molar-refractivity contribution < 1.29 is 17.6 Å². The molecule has 1 nitrogen and oxygen atoms in total. The normalized spacial score (nSPS) is 13.8. The van der Waals surface area contributed by atoms with Crippen LogP contribution < -0.4 is 5.32 Å². The van der Waals surface area contributed by atoms with E-state index >= 15 is 0 Å². The Labute approximate surface area is 97.8 Å². The zero-order valence-electron chi connectivity index (χ0n) is 9.74. The van der Waals surface area contributed by atoms with E-state index in [2.05, 4.69) is 5.32 Å². The van der Waals surface area contributed by atoms with Crippen LogP contribution in [0.25, 0.3) is 0 Å². The highest BCUT2D eigenvalue weighted by molar-refractivity contribution is 5.27. The van der Waals surface area contributed by atoms with Crippen molar-refractivity contribution in [3.05, 3.63) is 35.1 Å². The molecule has 0 saturated heterocycles. The highest BCUT2D eigenvalue weighted by Gasteiger charge is 2.41. The number of aryl methyl sites for hydroxylation is 1. The number of benzene rings is 1. The Morgan fingerprint density at radius 1 is 1.29 bits per heavy atom. The molecule has 0 aliphatic rings. The molecule has 0 spiro atoms. The lowest BCUT2D eigenvalue weighted by Gasteiger charge is -2.22. The van der Waals surface area contributed by atoms with Crippen molar-refractivity contribution in [3.63, 3.8) is 0 Å². The largest absolute Gasteiger partial charge is 0.408 e. The first-order valence-electron chi connectivity index (χ1n) is 5.42. The van der Waals surface area contributed by atoms with Crippen LogP contribution in [0, 0.1) is 12.7 Å². The minimum Gasteiger partial charge on any atom is -0.302 e. The Bertz CT molecular complexity index is 373. The molecule has 0 aromatic heterocycles. The van der Waals surface area contributed by atoms with Crippen molar-refractivity contribution in [1.29, 1.82) is 0 Å². The Morgan fingerprint density at radius 3 is 2.47 bits per heavy atom. The second kappa shape index (κ2) is 5.49. The predicted molar refractivity (Wildman–Crippen MR) is 58.2 cm³/mol. The monoisotopic (exact) mass is 249 g/mol. The zero-order valence-corrected chi connectivity index (χ0v) is 9.74. The maximum Gasteiger partial charge on any atom is 0.408 e. The Balaban J connectivity index is 3.08. The molecule has 0 radical (unpaired) electrons. The van der Waals surface area contributed by atoms with Gasteiger partial charge in [-0.3, -0.25) is 0 Å². The molecule has 0 bridgehead atoms. The minimum atomic E-state index is -4.50.